The fourth-order valence-electron chi connectivity index (χ4n) is 0.678. The van der Waals surface area contributed by atoms with Crippen molar-refractivity contribution in [3.8, 4) is 6.07 Å². The Hall–Kier alpha value is -0.840. The summed E-state index contributed by atoms with van der Waals surface area (Å²) in [5.74, 6) is 0. The van der Waals surface area contributed by atoms with Crippen LogP contribution >= 0.6 is 22.6 Å². The molecule has 1 aromatic rings. The highest BCUT2D eigenvalue weighted by atomic mass is 127. The van der Waals surface area contributed by atoms with E-state index in [-0.39, 0.29) is 5.69 Å². The van der Waals surface area contributed by atoms with Gasteiger partial charge in [-0.25, -0.2) is 4.98 Å². The number of hydrogen-bond acceptors (Lipinski definition) is 2. The third-order valence-corrected chi connectivity index (χ3v) is 2.11. The molecule has 0 aliphatic rings. The number of aromatic nitrogens is 1. The molecular formula is C7H2F3IN2. The SMILES string of the molecule is N#Cc1nc(C(F)(F)F)ccc1I. The third-order valence-electron chi connectivity index (χ3n) is 1.24. The Kier molecular flexibility index (Phi) is 2.75. The van der Waals surface area contributed by atoms with E-state index in [2.05, 4.69) is 4.98 Å². The molecule has 0 spiro atoms. The first-order valence-corrected chi connectivity index (χ1v) is 4.17. The average Bonchev–Trinajstić information content (AvgIpc) is 2.03. The first kappa shape index (κ1) is 10.2. The topological polar surface area (TPSA) is 36.7 Å². The van der Waals surface area contributed by atoms with Crippen LogP contribution in [0.5, 0.6) is 0 Å². The Morgan fingerprint density at radius 2 is 2.00 bits per heavy atom. The molecule has 0 bridgehead atoms. The first-order chi connectivity index (χ1) is 5.95. The molecule has 0 unspecified atom stereocenters. The Bertz CT molecular complexity index is 367. The highest BCUT2D eigenvalue weighted by Crippen LogP contribution is 2.28. The lowest BCUT2D eigenvalue weighted by Gasteiger charge is -2.05. The second kappa shape index (κ2) is 3.49. The molecular weight excluding hydrogens is 296 g/mol. The largest absolute Gasteiger partial charge is 0.433 e. The van der Waals surface area contributed by atoms with Crippen LogP contribution in [0.4, 0.5) is 13.2 Å². The molecule has 1 heterocycles. The lowest BCUT2D eigenvalue weighted by Crippen LogP contribution is -2.09. The van der Waals surface area contributed by atoms with E-state index in [0.717, 1.165) is 6.07 Å². The predicted octanol–water partition coefficient (Wildman–Crippen LogP) is 2.58. The lowest BCUT2D eigenvalue weighted by molar-refractivity contribution is -0.141. The molecule has 2 nitrogen and oxygen atoms in total. The molecule has 0 N–H and O–H groups in total. The van der Waals surface area contributed by atoms with Crippen LogP contribution in [0, 0.1) is 14.9 Å². The van der Waals surface area contributed by atoms with Crippen LogP contribution in [-0.2, 0) is 6.18 Å². The maximum absolute atomic E-state index is 12.1. The van der Waals surface area contributed by atoms with E-state index in [1.807, 2.05) is 0 Å². The average molecular weight is 298 g/mol. The number of pyridine rings is 1. The van der Waals surface area contributed by atoms with Gasteiger partial charge >= 0.3 is 6.18 Å². The minimum atomic E-state index is -4.49. The van der Waals surface area contributed by atoms with E-state index >= 15 is 0 Å². The van der Waals surface area contributed by atoms with Crippen molar-refractivity contribution >= 4 is 22.6 Å². The molecule has 0 radical (unpaired) electrons. The third kappa shape index (κ3) is 2.30. The van der Waals surface area contributed by atoms with Gasteiger partial charge in [-0.15, -0.1) is 0 Å². The van der Waals surface area contributed by atoms with Crippen molar-refractivity contribution < 1.29 is 13.2 Å². The quantitative estimate of drug-likeness (QED) is 0.690. The van der Waals surface area contributed by atoms with E-state index in [4.69, 9.17) is 5.26 Å². The summed E-state index contributed by atoms with van der Waals surface area (Å²) in [6.07, 6.45) is -4.49. The van der Waals surface area contributed by atoms with E-state index < -0.39 is 11.9 Å². The minimum Gasteiger partial charge on any atom is -0.231 e. The molecule has 0 amide bonds. The summed E-state index contributed by atoms with van der Waals surface area (Å²) < 4.78 is 36.6. The minimum absolute atomic E-state index is 0.199. The van der Waals surface area contributed by atoms with Crippen LogP contribution in [0.1, 0.15) is 11.4 Å². The molecule has 1 aromatic heterocycles. The zero-order chi connectivity index (χ0) is 10.1. The van der Waals surface area contributed by atoms with Gasteiger partial charge in [0.25, 0.3) is 0 Å². The Labute approximate surface area is 85.5 Å². The van der Waals surface area contributed by atoms with Crippen molar-refractivity contribution in [2.45, 2.75) is 6.18 Å². The second-order valence-electron chi connectivity index (χ2n) is 2.14. The summed E-state index contributed by atoms with van der Waals surface area (Å²) >= 11 is 1.75. The van der Waals surface area contributed by atoms with Gasteiger partial charge in [0, 0.05) is 3.57 Å². The van der Waals surface area contributed by atoms with Crippen LogP contribution in [0.3, 0.4) is 0 Å². The molecule has 6 heteroatoms. The van der Waals surface area contributed by atoms with Crippen molar-refractivity contribution in [1.29, 1.82) is 5.26 Å². The smallest absolute Gasteiger partial charge is 0.231 e. The van der Waals surface area contributed by atoms with Crippen molar-refractivity contribution in [2.24, 2.45) is 0 Å². The van der Waals surface area contributed by atoms with Gasteiger partial charge in [0.05, 0.1) is 0 Å². The van der Waals surface area contributed by atoms with E-state index in [1.165, 1.54) is 6.07 Å². The van der Waals surface area contributed by atoms with Crippen LogP contribution < -0.4 is 0 Å². The molecule has 68 valence electrons. The lowest BCUT2D eigenvalue weighted by atomic mass is 10.3. The highest BCUT2D eigenvalue weighted by Gasteiger charge is 2.32. The van der Waals surface area contributed by atoms with E-state index in [0.29, 0.717) is 3.57 Å². The van der Waals surface area contributed by atoms with Gasteiger partial charge in [0.1, 0.15) is 11.8 Å². The van der Waals surface area contributed by atoms with Crippen LogP contribution in [0.2, 0.25) is 0 Å². The molecule has 0 fully saturated rings. The summed E-state index contributed by atoms with van der Waals surface area (Å²) in [5.41, 5.74) is -1.24. The molecule has 1 rings (SSSR count). The van der Waals surface area contributed by atoms with Crippen molar-refractivity contribution in [3.05, 3.63) is 27.1 Å². The zero-order valence-corrected chi connectivity index (χ0v) is 8.22. The highest BCUT2D eigenvalue weighted by molar-refractivity contribution is 14.1. The van der Waals surface area contributed by atoms with Gasteiger partial charge in [-0.1, -0.05) is 0 Å². The normalized spacial score (nSPS) is 11.0. The zero-order valence-electron chi connectivity index (χ0n) is 6.06. The second-order valence-corrected chi connectivity index (χ2v) is 3.30. The number of alkyl halides is 3. The maximum atomic E-state index is 12.1. The number of rotatable bonds is 0. The number of hydrogen-bond donors (Lipinski definition) is 0. The van der Waals surface area contributed by atoms with Gasteiger partial charge in [0.2, 0.25) is 0 Å². The summed E-state index contributed by atoms with van der Waals surface area (Å²) in [7, 11) is 0. The summed E-state index contributed by atoms with van der Waals surface area (Å²) in [5, 5.41) is 8.42. The molecule has 0 aromatic carbocycles. The number of halogens is 4. The molecule has 0 saturated carbocycles. The predicted molar refractivity (Wildman–Crippen MR) is 46.7 cm³/mol. The van der Waals surface area contributed by atoms with Gasteiger partial charge in [-0.3, -0.25) is 0 Å². The number of nitriles is 1. The maximum Gasteiger partial charge on any atom is 0.433 e. The number of nitrogens with zero attached hydrogens (tertiary/aromatic N) is 2. The van der Waals surface area contributed by atoms with Gasteiger partial charge in [-0.05, 0) is 34.7 Å². The van der Waals surface area contributed by atoms with Gasteiger partial charge < -0.3 is 0 Å². The Morgan fingerprint density at radius 1 is 1.38 bits per heavy atom. The monoisotopic (exact) mass is 298 g/mol. The standard InChI is InChI=1S/C7H2F3IN2/c8-7(9,10)6-2-1-4(11)5(3-12)13-6/h1-2H. The summed E-state index contributed by atoms with van der Waals surface area (Å²) in [6, 6.07) is 3.66. The summed E-state index contributed by atoms with van der Waals surface area (Å²) in [6.45, 7) is 0. The molecule has 0 saturated heterocycles. The molecule has 0 aliphatic heterocycles. The Balaban J connectivity index is 3.24. The molecule has 13 heavy (non-hydrogen) atoms. The van der Waals surface area contributed by atoms with Gasteiger partial charge in [0.15, 0.2) is 5.69 Å². The van der Waals surface area contributed by atoms with Crippen molar-refractivity contribution in [1.82, 2.24) is 4.98 Å². The fraction of sp³-hybridized carbons (Fsp3) is 0.143. The van der Waals surface area contributed by atoms with Crippen molar-refractivity contribution in [2.75, 3.05) is 0 Å². The summed E-state index contributed by atoms with van der Waals surface area (Å²) in [4.78, 5) is 3.17. The molecule has 0 aliphatic carbocycles. The fourth-order valence-corrected chi connectivity index (χ4v) is 1.10. The van der Waals surface area contributed by atoms with Crippen LogP contribution in [0.15, 0.2) is 12.1 Å². The van der Waals surface area contributed by atoms with Crippen LogP contribution in [-0.4, -0.2) is 4.98 Å². The molecule has 0 atom stereocenters. The van der Waals surface area contributed by atoms with E-state index in [9.17, 15) is 13.2 Å². The van der Waals surface area contributed by atoms with Crippen molar-refractivity contribution in [3.63, 3.8) is 0 Å². The van der Waals surface area contributed by atoms with Gasteiger partial charge in [-0.2, -0.15) is 18.4 Å². The van der Waals surface area contributed by atoms with Crippen LogP contribution in [0.25, 0.3) is 0 Å². The Morgan fingerprint density at radius 3 is 2.46 bits per heavy atom. The first-order valence-electron chi connectivity index (χ1n) is 3.09. The van der Waals surface area contributed by atoms with E-state index in [1.54, 1.807) is 28.7 Å².